The number of hydrogen-bond donors (Lipinski definition) is 1. The van der Waals surface area contributed by atoms with Gasteiger partial charge in [0.15, 0.2) is 0 Å². The summed E-state index contributed by atoms with van der Waals surface area (Å²) in [6.07, 6.45) is 25.8. The Bertz CT molecular complexity index is 198. The van der Waals surface area contributed by atoms with Crippen molar-refractivity contribution in [3.63, 3.8) is 0 Å². The summed E-state index contributed by atoms with van der Waals surface area (Å²) in [5.74, 6) is 0. The SMILES string of the molecule is CCCCCCCCCCCCCCCCC=CNCC. The quantitative estimate of drug-likeness (QED) is 0.285. The number of rotatable bonds is 17. The Morgan fingerprint density at radius 1 is 0.571 bits per heavy atom. The summed E-state index contributed by atoms with van der Waals surface area (Å²) in [4.78, 5) is 0. The monoisotopic (exact) mass is 295 g/mol. The highest BCUT2D eigenvalue weighted by Gasteiger charge is 1.93. The van der Waals surface area contributed by atoms with Crippen molar-refractivity contribution < 1.29 is 0 Å². The van der Waals surface area contributed by atoms with E-state index in [-0.39, 0.29) is 0 Å². The van der Waals surface area contributed by atoms with Crippen molar-refractivity contribution in [3.05, 3.63) is 12.3 Å². The molecule has 0 aromatic rings. The van der Waals surface area contributed by atoms with E-state index in [0.29, 0.717) is 0 Å². The van der Waals surface area contributed by atoms with Crippen LogP contribution in [0, 0.1) is 0 Å². The molecule has 0 saturated heterocycles. The van der Waals surface area contributed by atoms with Crippen LogP contribution >= 0.6 is 0 Å². The first-order valence-corrected chi connectivity index (χ1v) is 9.80. The molecule has 0 rings (SSSR count). The molecule has 1 nitrogen and oxygen atoms in total. The highest BCUT2D eigenvalue weighted by molar-refractivity contribution is 4.78. The van der Waals surface area contributed by atoms with Gasteiger partial charge in [0.25, 0.3) is 0 Å². The number of allylic oxidation sites excluding steroid dienone is 1. The van der Waals surface area contributed by atoms with Crippen LogP contribution < -0.4 is 5.32 Å². The van der Waals surface area contributed by atoms with Crippen molar-refractivity contribution in [2.45, 2.75) is 110 Å². The van der Waals surface area contributed by atoms with Gasteiger partial charge in [-0.25, -0.2) is 0 Å². The van der Waals surface area contributed by atoms with Crippen molar-refractivity contribution in [1.82, 2.24) is 5.32 Å². The summed E-state index contributed by atoms with van der Waals surface area (Å²) in [7, 11) is 0. The van der Waals surface area contributed by atoms with E-state index < -0.39 is 0 Å². The van der Waals surface area contributed by atoms with E-state index in [2.05, 4.69) is 31.4 Å². The summed E-state index contributed by atoms with van der Waals surface area (Å²) in [6.45, 7) is 5.46. The molecule has 126 valence electrons. The maximum Gasteiger partial charge on any atom is 0.0112 e. The molecule has 0 atom stereocenters. The van der Waals surface area contributed by atoms with Gasteiger partial charge >= 0.3 is 0 Å². The van der Waals surface area contributed by atoms with Gasteiger partial charge in [-0.2, -0.15) is 0 Å². The molecule has 0 aromatic heterocycles. The maximum absolute atomic E-state index is 3.22. The van der Waals surface area contributed by atoms with Crippen LogP contribution in [0.1, 0.15) is 110 Å². The van der Waals surface area contributed by atoms with Crippen LogP contribution in [0.15, 0.2) is 12.3 Å². The Labute approximate surface area is 135 Å². The van der Waals surface area contributed by atoms with Crippen LogP contribution in [-0.4, -0.2) is 6.54 Å². The topological polar surface area (TPSA) is 12.0 Å². The number of unbranched alkanes of at least 4 members (excludes halogenated alkanes) is 14. The average molecular weight is 296 g/mol. The fourth-order valence-electron chi connectivity index (χ4n) is 2.74. The Morgan fingerprint density at radius 2 is 1.00 bits per heavy atom. The smallest absolute Gasteiger partial charge is 0.0112 e. The van der Waals surface area contributed by atoms with Crippen molar-refractivity contribution in [2.75, 3.05) is 6.54 Å². The summed E-state index contributed by atoms with van der Waals surface area (Å²) in [5, 5.41) is 3.22. The predicted octanol–water partition coefficient (Wildman–Crippen LogP) is 6.98. The van der Waals surface area contributed by atoms with Gasteiger partial charge in [-0.1, -0.05) is 96.5 Å². The molecular formula is C20H41N. The zero-order chi connectivity index (χ0) is 15.4. The molecule has 21 heavy (non-hydrogen) atoms. The van der Waals surface area contributed by atoms with Gasteiger partial charge < -0.3 is 5.32 Å². The van der Waals surface area contributed by atoms with E-state index in [4.69, 9.17) is 0 Å². The van der Waals surface area contributed by atoms with E-state index in [9.17, 15) is 0 Å². The minimum atomic E-state index is 1.04. The first-order chi connectivity index (χ1) is 10.4. The minimum Gasteiger partial charge on any atom is -0.391 e. The van der Waals surface area contributed by atoms with Gasteiger partial charge in [-0.3, -0.25) is 0 Å². The highest BCUT2D eigenvalue weighted by atomic mass is 14.8. The lowest BCUT2D eigenvalue weighted by Crippen LogP contribution is -2.01. The van der Waals surface area contributed by atoms with E-state index in [1.165, 1.54) is 96.3 Å². The molecule has 0 saturated carbocycles. The molecule has 0 bridgehead atoms. The van der Waals surface area contributed by atoms with Crippen molar-refractivity contribution in [2.24, 2.45) is 0 Å². The van der Waals surface area contributed by atoms with Crippen LogP contribution in [0.5, 0.6) is 0 Å². The molecule has 0 heterocycles. The summed E-state index contributed by atoms with van der Waals surface area (Å²) < 4.78 is 0. The van der Waals surface area contributed by atoms with Gasteiger partial charge in [-0.15, -0.1) is 0 Å². The average Bonchev–Trinajstić information content (AvgIpc) is 2.50. The van der Waals surface area contributed by atoms with Crippen LogP contribution in [0.2, 0.25) is 0 Å². The Kier molecular flexibility index (Phi) is 19.1. The van der Waals surface area contributed by atoms with Gasteiger partial charge in [0, 0.05) is 6.54 Å². The van der Waals surface area contributed by atoms with Gasteiger partial charge in [0.1, 0.15) is 0 Å². The molecule has 0 radical (unpaired) electrons. The molecule has 1 N–H and O–H groups in total. The molecular weight excluding hydrogens is 254 g/mol. The molecule has 0 aliphatic rings. The van der Waals surface area contributed by atoms with Crippen LogP contribution in [0.4, 0.5) is 0 Å². The second kappa shape index (κ2) is 19.5. The molecule has 0 aliphatic carbocycles. The van der Waals surface area contributed by atoms with Gasteiger partial charge in [0.05, 0.1) is 0 Å². The van der Waals surface area contributed by atoms with E-state index in [1.807, 2.05) is 0 Å². The third-order valence-electron chi connectivity index (χ3n) is 4.16. The first kappa shape index (κ1) is 20.5. The number of nitrogens with one attached hydrogen (secondary N) is 1. The van der Waals surface area contributed by atoms with Crippen LogP contribution in [-0.2, 0) is 0 Å². The highest BCUT2D eigenvalue weighted by Crippen LogP contribution is 2.13. The third-order valence-corrected chi connectivity index (χ3v) is 4.16. The minimum absolute atomic E-state index is 1.04. The lowest BCUT2D eigenvalue weighted by atomic mass is 10.0. The second-order valence-corrected chi connectivity index (χ2v) is 6.34. The molecule has 0 aromatic carbocycles. The summed E-state index contributed by atoms with van der Waals surface area (Å²) in [5.41, 5.74) is 0. The molecule has 0 spiro atoms. The maximum atomic E-state index is 3.22. The van der Waals surface area contributed by atoms with E-state index in [1.54, 1.807) is 0 Å². The zero-order valence-electron chi connectivity index (χ0n) is 15.0. The van der Waals surface area contributed by atoms with Crippen molar-refractivity contribution in [1.29, 1.82) is 0 Å². The van der Waals surface area contributed by atoms with E-state index in [0.717, 1.165) is 6.54 Å². The molecule has 0 fully saturated rings. The lowest BCUT2D eigenvalue weighted by Gasteiger charge is -2.02. The molecule has 0 amide bonds. The first-order valence-electron chi connectivity index (χ1n) is 9.80. The Hall–Kier alpha value is -0.460. The van der Waals surface area contributed by atoms with Gasteiger partial charge in [-0.05, 0) is 26.0 Å². The van der Waals surface area contributed by atoms with Crippen molar-refractivity contribution >= 4 is 0 Å². The lowest BCUT2D eigenvalue weighted by molar-refractivity contribution is 0.536. The third kappa shape index (κ3) is 19.5. The Morgan fingerprint density at radius 3 is 1.43 bits per heavy atom. The van der Waals surface area contributed by atoms with E-state index >= 15 is 0 Å². The van der Waals surface area contributed by atoms with Crippen LogP contribution in [0.25, 0.3) is 0 Å². The fraction of sp³-hybridized carbons (Fsp3) is 0.900. The normalized spacial score (nSPS) is 11.3. The molecule has 0 unspecified atom stereocenters. The summed E-state index contributed by atoms with van der Waals surface area (Å²) >= 11 is 0. The zero-order valence-corrected chi connectivity index (χ0v) is 15.0. The second-order valence-electron chi connectivity index (χ2n) is 6.34. The number of hydrogen-bond acceptors (Lipinski definition) is 1. The predicted molar refractivity (Wildman–Crippen MR) is 97.7 cm³/mol. The fourth-order valence-corrected chi connectivity index (χ4v) is 2.74. The Balaban J connectivity index is 2.96. The van der Waals surface area contributed by atoms with Crippen molar-refractivity contribution in [3.8, 4) is 0 Å². The standard InChI is InChI=1S/C20H41N/c1-3-5-6-7-8-9-10-11-12-13-14-15-16-17-18-19-20-21-4-2/h19-21H,3-18H2,1-2H3. The summed E-state index contributed by atoms with van der Waals surface area (Å²) in [6, 6.07) is 0. The van der Waals surface area contributed by atoms with Crippen LogP contribution in [0.3, 0.4) is 0 Å². The van der Waals surface area contributed by atoms with Gasteiger partial charge in [0.2, 0.25) is 0 Å². The largest absolute Gasteiger partial charge is 0.391 e. The molecule has 1 heteroatoms. The molecule has 0 aliphatic heterocycles.